The smallest absolute Gasteiger partial charge is 0.254 e. The number of carbonyl (C=O) groups is 1. The van der Waals surface area contributed by atoms with Gasteiger partial charge >= 0.3 is 0 Å². The van der Waals surface area contributed by atoms with Crippen LogP contribution in [-0.4, -0.2) is 34.6 Å². The highest BCUT2D eigenvalue weighted by Gasteiger charge is 2.25. The van der Waals surface area contributed by atoms with Gasteiger partial charge in [-0.2, -0.15) is 0 Å². The van der Waals surface area contributed by atoms with Gasteiger partial charge in [-0.05, 0) is 13.0 Å². The van der Waals surface area contributed by atoms with Crippen LogP contribution in [0.2, 0.25) is 0 Å². The topological polar surface area (TPSA) is 51.5 Å². The largest absolute Gasteiger partial charge is 0.490 e. The molecule has 1 aliphatic rings. The van der Waals surface area contributed by atoms with Crippen molar-refractivity contribution in [2.24, 2.45) is 13.0 Å². The van der Waals surface area contributed by atoms with Crippen molar-refractivity contribution in [3.05, 3.63) is 28.2 Å². The van der Waals surface area contributed by atoms with E-state index in [2.05, 4.69) is 0 Å². The molecule has 5 nitrogen and oxygen atoms in total. The van der Waals surface area contributed by atoms with Crippen LogP contribution in [0, 0.1) is 12.8 Å². The predicted octanol–water partition coefficient (Wildman–Crippen LogP) is 1.72. The quantitative estimate of drug-likeness (QED) is 0.852. The lowest BCUT2D eigenvalue weighted by Gasteiger charge is -2.33. The fourth-order valence-electron chi connectivity index (χ4n) is 2.56. The molecule has 0 spiro atoms. The van der Waals surface area contributed by atoms with E-state index in [0.29, 0.717) is 5.75 Å². The van der Waals surface area contributed by atoms with Crippen LogP contribution >= 0.6 is 0 Å². The first-order valence-electron chi connectivity index (χ1n) is 7.51. The fraction of sp³-hybridized carbons (Fsp3) is 0.625. The van der Waals surface area contributed by atoms with Gasteiger partial charge in [0.05, 0.1) is 0 Å². The molecule has 1 aromatic heterocycles. The minimum atomic E-state index is -0.0579. The zero-order valence-corrected chi connectivity index (χ0v) is 13.3. The minimum absolute atomic E-state index is 0.0438. The van der Waals surface area contributed by atoms with Crippen LogP contribution < -0.4 is 10.3 Å². The van der Waals surface area contributed by atoms with E-state index in [0.717, 1.165) is 31.6 Å². The number of aryl methyl sites for hydroxylation is 1. The maximum atomic E-state index is 11.9. The summed E-state index contributed by atoms with van der Waals surface area (Å²) in [7, 11) is 1.75. The van der Waals surface area contributed by atoms with Gasteiger partial charge < -0.3 is 14.2 Å². The van der Waals surface area contributed by atoms with E-state index in [1.807, 2.05) is 31.7 Å². The number of rotatable bonds is 3. The van der Waals surface area contributed by atoms with Crippen LogP contribution in [0.25, 0.3) is 0 Å². The van der Waals surface area contributed by atoms with Crippen LogP contribution in [-0.2, 0) is 11.8 Å². The molecule has 2 rings (SSSR count). The van der Waals surface area contributed by atoms with Crippen molar-refractivity contribution in [3.63, 3.8) is 0 Å². The summed E-state index contributed by atoms with van der Waals surface area (Å²) in [6.07, 6.45) is 1.70. The van der Waals surface area contributed by atoms with E-state index in [1.54, 1.807) is 11.6 Å². The number of aromatic nitrogens is 1. The third-order valence-electron chi connectivity index (χ3n) is 4.03. The van der Waals surface area contributed by atoms with Gasteiger partial charge in [-0.15, -0.1) is 0 Å². The summed E-state index contributed by atoms with van der Waals surface area (Å²) in [5.74, 6) is 0.879. The molecule has 21 heavy (non-hydrogen) atoms. The number of amides is 1. The van der Waals surface area contributed by atoms with Crippen LogP contribution in [0.1, 0.15) is 32.4 Å². The van der Waals surface area contributed by atoms with Gasteiger partial charge in [-0.25, -0.2) is 0 Å². The normalized spacial score (nSPS) is 16.3. The number of likely N-dealkylation sites (tertiary alicyclic amines) is 1. The summed E-state index contributed by atoms with van der Waals surface area (Å²) in [5, 5.41) is 0. The van der Waals surface area contributed by atoms with E-state index >= 15 is 0 Å². The molecule has 5 heteroatoms. The number of pyridine rings is 1. The van der Waals surface area contributed by atoms with Crippen LogP contribution in [0.15, 0.2) is 16.9 Å². The Morgan fingerprint density at radius 2 is 1.90 bits per heavy atom. The lowest BCUT2D eigenvalue weighted by atomic mass is 10.1. The maximum absolute atomic E-state index is 11.9. The van der Waals surface area contributed by atoms with E-state index < -0.39 is 0 Å². The Bertz CT molecular complexity index is 569. The van der Waals surface area contributed by atoms with Crippen LogP contribution in [0.3, 0.4) is 0 Å². The molecule has 1 saturated heterocycles. The van der Waals surface area contributed by atoms with Crippen molar-refractivity contribution in [3.8, 4) is 5.75 Å². The monoisotopic (exact) mass is 292 g/mol. The van der Waals surface area contributed by atoms with Gasteiger partial charge in [-0.1, -0.05) is 13.8 Å². The molecule has 0 unspecified atom stereocenters. The number of nitrogens with zero attached hydrogens (tertiary/aromatic N) is 2. The Kier molecular flexibility index (Phi) is 4.70. The average Bonchev–Trinajstić information content (AvgIpc) is 2.44. The number of piperidine rings is 1. The van der Waals surface area contributed by atoms with Gasteiger partial charge in [-0.3, -0.25) is 9.59 Å². The molecule has 0 bridgehead atoms. The number of hydrogen-bond donors (Lipinski definition) is 0. The zero-order valence-electron chi connectivity index (χ0n) is 13.3. The summed E-state index contributed by atoms with van der Waals surface area (Å²) in [5.41, 5.74) is 0.822. The van der Waals surface area contributed by atoms with E-state index in [1.165, 1.54) is 6.07 Å². The van der Waals surface area contributed by atoms with Crippen molar-refractivity contribution in [2.45, 2.75) is 39.7 Å². The van der Waals surface area contributed by atoms with Gasteiger partial charge in [0.25, 0.3) is 5.56 Å². The van der Waals surface area contributed by atoms with Crippen LogP contribution in [0.4, 0.5) is 0 Å². The molecule has 0 aliphatic carbocycles. The maximum Gasteiger partial charge on any atom is 0.254 e. The lowest BCUT2D eigenvalue weighted by Crippen LogP contribution is -2.43. The molecule has 0 aromatic carbocycles. The molecule has 1 fully saturated rings. The fourth-order valence-corrected chi connectivity index (χ4v) is 2.56. The highest BCUT2D eigenvalue weighted by molar-refractivity contribution is 5.78. The molecule has 0 saturated carbocycles. The highest BCUT2D eigenvalue weighted by Crippen LogP contribution is 2.19. The van der Waals surface area contributed by atoms with E-state index in [4.69, 9.17) is 4.74 Å². The first kappa shape index (κ1) is 15.6. The molecule has 0 atom stereocenters. The number of carbonyl (C=O) groups excluding carboxylic acids is 1. The summed E-state index contributed by atoms with van der Waals surface area (Å²) < 4.78 is 7.50. The SMILES string of the molecule is Cc1cc(OC2CCN(C(=O)C(C)C)CC2)cc(=O)n1C. The summed E-state index contributed by atoms with van der Waals surface area (Å²) in [6.45, 7) is 7.19. The number of ether oxygens (including phenoxy) is 1. The molecular formula is C16H24N2O3. The zero-order chi connectivity index (χ0) is 15.6. The Labute approximate surface area is 125 Å². The predicted molar refractivity (Wildman–Crippen MR) is 81.5 cm³/mol. The van der Waals surface area contributed by atoms with Crippen molar-refractivity contribution >= 4 is 5.91 Å². The molecule has 1 aliphatic heterocycles. The second kappa shape index (κ2) is 6.33. The van der Waals surface area contributed by atoms with E-state index in [9.17, 15) is 9.59 Å². The molecule has 0 N–H and O–H groups in total. The lowest BCUT2D eigenvalue weighted by molar-refractivity contribution is -0.136. The molecule has 1 aromatic rings. The van der Waals surface area contributed by atoms with Crippen molar-refractivity contribution in [2.75, 3.05) is 13.1 Å². The van der Waals surface area contributed by atoms with Crippen molar-refractivity contribution < 1.29 is 9.53 Å². The Hall–Kier alpha value is -1.78. The number of hydrogen-bond acceptors (Lipinski definition) is 3. The molecule has 0 radical (unpaired) electrons. The highest BCUT2D eigenvalue weighted by atomic mass is 16.5. The van der Waals surface area contributed by atoms with Gasteiger partial charge in [0, 0.05) is 50.7 Å². The van der Waals surface area contributed by atoms with Crippen molar-refractivity contribution in [1.82, 2.24) is 9.47 Å². The van der Waals surface area contributed by atoms with Crippen LogP contribution in [0.5, 0.6) is 5.75 Å². The van der Waals surface area contributed by atoms with E-state index in [-0.39, 0.29) is 23.5 Å². The molecule has 116 valence electrons. The Morgan fingerprint density at radius 3 is 2.43 bits per heavy atom. The third kappa shape index (κ3) is 3.65. The second-order valence-corrected chi connectivity index (χ2v) is 6.03. The Morgan fingerprint density at radius 1 is 1.29 bits per heavy atom. The molecule has 1 amide bonds. The molecule has 2 heterocycles. The summed E-state index contributed by atoms with van der Waals surface area (Å²) in [4.78, 5) is 25.6. The average molecular weight is 292 g/mol. The summed E-state index contributed by atoms with van der Waals surface area (Å²) >= 11 is 0. The minimum Gasteiger partial charge on any atom is -0.490 e. The third-order valence-corrected chi connectivity index (χ3v) is 4.03. The standard InChI is InChI=1S/C16H24N2O3/c1-11(2)16(20)18-7-5-13(6-8-18)21-14-9-12(3)17(4)15(19)10-14/h9-11,13H,5-8H2,1-4H3. The first-order valence-corrected chi connectivity index (χ1v) is 7.51. The van der Waals surface area contributed by atoms with Gasteiger partial charge in [0.15, 0.2) is 0 Å². The second-order valence-electron chi connectivity index (χ2n) is 6.03. The Balaban J connectivity index is 1.95. The van der Waals surface area contributed by atoms with Gasteiger partial charge in [0.2, 0.25) is 5.91 Å². The first-order chi connectivity index (χ1) is 9.88. The van der Waals surface area contributed by atoms with Gasteiger partial charge in [0.1, 0.15) is 11.9 Å². The summed E-state index contributed by atoms with van der Waals surface area (Å²) in [6, 6.07) is 3.41. The van der Waals surface area contributed by atoms with Crippen molar-refractivity contribution in [1.29, 1.82) is 0 Å². The molecular weight excluding hydrogens is 268 g/mol.